The number of carbonyl (C=O) groups is 1. The first-order valence-electron chi connectivity index (χ1n) is 6.56. The van der Waals surface area contributed by atoms with E-state index in [1.165, 1.54) is 0 Å². The lowest BCUT2D eigenvalue weighted by atomic mass is 10.2. The van der Waals surface area contributed by atoms with Gasteiger partial charge >= 0.3 is 0 Å². The Kier molecular flexibility index (Phi) is 14.5. The summed E-state index contributed by atoms with van der Waals surface area (Å²) in [7, 11) is 0. The van der Waals surface area contributed by atoms with Crippen molar-refractivity contribution >= 4 is 30.7 Å². The van der Waals surface area contributed by atoms with Gasteiger partial charge in [0.2, 0.25) is 5.91 Å². The quantitative estimate of drug-likeness (QED) is 0.678. The van der Waals surface area contributed by atoms with Gasteiger partial charge in [0.05, 0.1) is 19.3 Å². The number of rotatable bonds is 7. The summed E-state index contributed by atoms with van der Waals surface area (Å²) in [5, 5.41) is 6.22. The van der Waals surface area contributed by atoms with Crippen LogP contribution in [0.15, 0.2) is 0 Å². The van der Waals surface area contributed by atoms with Crippen LogP contribution in [-0.2, 0) is 9.53 Å². The zero-order valence-electron chi connectivity index (χ0n) is 11.8. The molecule has 0 bridgehead atoms. The summed E-state index contributed by atoms with van der Waals surface area (Å²) in [5.74, 6) is 0.116. The molecule has 19 heavy (non-hydrogen) atoms. The van der Waals surface area contributed by atoms with Gasteiger partial charge in [0.15, 0.2) is 0 Å². The first-order valence-corrected chi connectivity index (χ1v) is 6.56. The van der Waals surface area contributed by atoms with Crippen LogP contribution in [0.1, 0.15) is 20.3 Å². The number of halogens is 2. The molecule has 1 rings (SSSR count). The van der Waals surface area contributed by atoms with Crippen LogP contribution in [0, 0.1) is 0 Å². The van der Waals surface area contributed by atoms with Crippen LogP contribution >= 0.6 is 24.8 Å². The molecule has 1 amide bonds. The molecule has 1 atom stereocenters. The first-order chi connectivity index (χ1) is 8.25. The Morgan fingerprint density at radius 1 is 1.21 bits per heavy atom. The Labute approximate surface area is 128 Å². The van der Waals surface area contributed by atoms with Crippen molar-refractivity contribution in [2.45, 2.75) is 26.3 Å². The third-order valence-corrected chi connectivity index (χ3v) is 3.00. The zero-order valence-corrected chi connectivity index (χ0v) is 13.4. The van der Waals surface area contributed by atoms with Crippen molar-refractivity contribution in [1.29, 1.82) is 0 Å². The fourth-order valence-corrected chi connectivity index (χ4v) is 1.85. The summed E-state index contributed by atoms with van der Waals surface area (Å²) in [6, 6.07) is -0.0509. The van der Waals surface area contributed by atoms with Crippen molar-refractivity contribution in [1.82, 2.24) is 15.5 Å². The van der Waals surface area contributed by atoms with Gasteiger partial charge in [-0.1, -0.05) is 6.92 Å². The molecule has 7 heteroatoms. The van der Waals surface area contributed by atoms with Crippen molar-refractivity contribution < 1.29 is 9.53 Å². The van der Waals surface area contributed by atoms with E-state index in [2.05, 4.69) is 22.5 Å². The van der Waals surface area contributed by atoms with Crippen LogP contribution < -0.4 is 10.6 Å². The van der Waals surface area contributed by atoms with Crippen LogP contribution in [0.3, 0.4) is 0 Å². The van der Waals surface area contributed by atoms with Gasteiger partial charge in [-0.15, -0.1) is 24.8 Å². The Morgan fingerprint density at radius 3 is 2.42 bits per heavy atom. The van der Waals surface area contributed by atoms with Crippen molar-refractivity contribution in [3.05, 3.63) is 0 Å². The number of carbonyl (C=O) groups excluding carboxylic acids is 1. The monoisotopic (exact) mass is 315 g/mol. The maximum absolute atomic E-state index is 11.9. The number of hydrogen-bond acceptors (Lipinski definition) is 4. The Balaban J connectivity index is 0. The molecule has 0 aromatic carbocycles. The minimum Gasteiger partial charge on any atom is -0.379 e. The number of morpholine rings is 1. The predicted octanol–water partition coefficient (Wildman–Crippen LogP) is 0.666. The molecule has 2 N–H and O–H groups in total. The molecule has 0 aromatic rings. The van der Waals surface area contributed by atoms with Gasteiger partial charge < -0.3 is 15.4 Å². The lowest BCUT2D eigenvalue weighted by molar-refractivity contribution is -0.127. The lowest BCUT2D eigenvalue weighted by Gasteiger charge is -2.31. The molecule has 1 aliphatic rings. The molecule has 0 spiro atoms. The third-order valence-electron chi connectivity index (χ3n) is 3.00. The molecular formula is C12H27Cl2N3O2. The second-order valence-electron chi connectivity index (χ2n) is 4.37. The van der Waals surface area contributed by atoms with Gasteiger partial charge in [-0.3, -0.25) is 9.69 Å². The van der Waals surface area contributed by atoms with E-state index in [0.29, 0.717) is 6.54 Å². The fourth-order valence-electron chi connectivity index (χ4n) is 1.85. The Bertz CT molecular complexity index is 227. The van der Waals surface area contributed by atoms with E-state index >= 15 is 0 Å². The van der Waals surface area contributed by atoms with Crippen molar-refractivity contribution in [2.24, 2.45) is 0 Å². The van der Waals surface area contributed by atoms with Crippen LogP contribution in [0.5, 0.6) is 0 Å². The molecule has 1 unspecified atom stereocenters. The van der Waals surface area contributed by atoms with E-state index in [1.807, 2.05) is 6.92 Å². The highest BCUT2D eigenvalue weighted by Gasteiger charge is 2.22. The Hall–Kier alpha value is -0.0700. The van der Waals surface area contributed by atoms with Crippen LogP contribution in [0.4, 0.5) is 0 Å². The SMILES string of the molecule is CCCNCCNC(=O)C(C)N1CCOCC1.Cl.Cl. The summed E-state index contributed by atoms with van der Waals surface area (Å²) in [6.45, 7) is 9.81. The van der Waals surface area contributed by atoms with Gasteiger partial charge in [0.1, 0.15) is 0 Å². The van der Waals surface area contributed by atoms with Crippen LogP contribution in [0.2, 0.25) is 0 Å². The molecular weight excluding hydrogens is 289 g/mol. The van der Waals surface area contributed by atoms with Crippen LogP contribution in [-0.4, -0.2) is 62.8 Å². The largest absolute Gasteiger partial charge is 0.379 e. The number of ether oxygens (including phenoxy) is 1. The van der Waals surface area contributed by atoms with Crippen molar-refractivity contribution in [3.8, 4) is 0 Å². The second-order valence-corrected chi connectivity index (χ2v) is 4.37. The van der Waals surface area contributed by atoms with Gasteiger partial charge in [0, 0.05) is 26.2 Å². The zero-order chi connectivity index (χ0) is 12.5. The van der Waals surface area contributed by atoms with Gasteiger partial charge in [-0.05, 0) is 19.9 Å². The summed E-state index contributed by atoms with van der Waals surface area (Å²) in [5.41, 5.74) is 0. The number of nitrogens with one attached hydrogen (secondary N) is 2. The number of hydrogen-bond donors (Lipinski definition) is 2. The second kappa shape index (κ2) is 12.9. The van der Waals surface area contributed by atoms with E-state index < -0.39 is 0 Å². The smallest absolute Gasteiger partial charge is 0.237 e. The van der Waals surface area contributed by atoms with Crippen molar-refractivity contribution in [2.75, 3.05) is 45.9 Å². The molecule has 116 valence electrons. The van der Waals surface area contributed by atoms with E-state index in [0.717, 1.165) is 45.8 Å². The first kappa shape index (κ1) is 21.2. The van der Waals surface area contributed by atoms with Gasteiger partial charge in [-0.2, -0.15) is 0 Å². The fraction of sp³-hybridized carbons (Fsp3) is 0.917. The lowest BCUT2D eigenvalue weighted by Crippen LogP contribution is -2.50. The molecule has 0 saturated carbocycles. The molecule has 0 aliphatic carbocycles. The molecule has 5 nitrogen and oxygen atoms in total. The van der Waals surface area contributed by atoms with E-state index in [9.17, 15) is 4.79 Å². The molecule has 1 heterocycles. The van der Waals surface area contributed by atoms with E-state index in [4.69, 9.17) is 4.74 Å². The highest BCUT2D eigenvalue weighted by molar-refractivity contribution is 5.85. The maximum atomic E-state index is 11.9. The summed E-state index contributed by atoms with van der Waals surface area (Å²) in [6.07, 6.45) is 1.12. The number of nitrogens with zero attached hydrogens (tertiary/aromatic N) is 1. The van der Waals surface area contributed by atoms with Crippen LogP contribution in [0.25, 0.3) is 0 Å². The normalized spacial score (nSPS) is 16.9. The summed E-state index contributed by atoms with van der Waals surface area (Å²) >= 11 is 0. The highest BCUT2D eigenvalue weighted by Crippen LogP contribution is 2.03. The summed E-state index contributed by atoms with van der Waals surface area (Å²) < 4.78 is 5.27. The molecule has 1 fully saturated rings. The summed E-state index contributed by atoms with van der Waals surface area (Å²) in [4.78, 5) is 14.0. The standard InChI is InChI=1S/C12H25N3O2.2ClH/c1-3-4-13-5-6-14-12(16)11(2)15-7-9-17-10-8-15;;/h11,13H,3-10H2,1-2H3,(H,14,16);2*1H. The predicted molar refractivity (Wildman–Crippen MR) is 82.5 cm³/mol. The number of amides is 1. The van der Waals surface area contributed by atoms with Gasteiger partial charge in [-0.25, -0.2) is 0 Å². The minimum absolute atomic E-state index is 0. The highest BCUT2D eigenvalue weighted by atomic mass is 35.5. The average Bonchev–Trinajstić information content (AvgIpc) is 2.38. The average molecular weight is 316 g/mol. The topological polar surface area (TPSA) is 53.6 Å². The minimum atomic E-state index is -0.0509. The molecule has 0 radical (unpaired) electrons. The molecule has 0 aromatic heterocycles. The van der Waals surface area contributed by atoms with Gasteiger partial charge in [0.25, 0.3) is 0 Å². The maximum Gasteiger partial charge on any atom is 0.237 e. The van der Waals surface area contributed by atoms with E-state index in [-0.39, 0.29) is 36.8 Å². The Morgan fingerprint density at radius 2 is 1.84 bits per heavy atom. The molecule has 1 saturated heterocycles. The van der Waals surface area contributed by atoms with E-state index in [1.54, 1.807) is 0 Å². The van der Waals surface area contributed by atoms with Crippen molar-refractivity contribution in [3.63, 3.8) is 0 Å². The molecule has 1 aliphatic heterocycles. The third kappa shape index (κ3) is 8.65.